The summed E-state index contributed by atoms with van der Waals surface area (Å²) >= 11 is 0.756. The lowest BCUT2D eigenvalue weighted by molar-refractivity contribution is -0.384. The van der Waals surface area contributed by atoms with Gasteiger partial charge in [-0.1, -0.05) is 37.3 Å². The highest BCUT2D eigenvalue weighted by atomic mass is 32.2. The molecule has 0 unspecified atom stereocenters. The lowest BCUT2D eigenvalue weighted by atomic mass is 10.1. The Kier molecular flexibility index (Phi) is 9.18. The molecule has 3 aromatic rings. The fraction of sp³-hybridized carbons (Fsp3) is 0.207. The molecule has 1 saturated heterocycles. The molecular weight excluding hydrogens is 534 g/mol. The molecule has 3 amide bonds. The predicted octanol–water partition coefficient (Wildman–Crippen LogP) is 5.81. The average molecular weight is 562 g/mol. The molecule has 1 fully saturated rings. The smallest absolute Gasteiger partial charge is 0.294 e. The molecule has 0 atom stereocenters. The highest BCUT2D eigenvalue weighted by molar-refractivity contribution is 8.18. The van der Waals surface area contributed by atoms with Crippen LogP contribution >= 0.6 is 11.8 Å². The molecule has 0 bridgehead atoms. The molecule has 1 aliphatic rings. The quantitative estimate of drug-likeness (QED) is 0.176. The van der Waals surface area contributed by atoms with Crippen molar-refractivity contribution in [2.24, 2.45) is 0 Å². The number of nitro benzene ring substituents is 1. The maximum Gasteiger partial charge on any atom is 0.294 e. The largest absolute Gasteiger partial charge is 0.490 e. The Bertz CT molecular complexity index is 1470. The summed E-state index contributed by atoms with van der Waals surface area (Å²) in [4.78, 5) is 49.6. The molecule has 0 aromatic heterocycles. The van der Waals surface area contributed by atoms with Crippen molar-refractivity contribution in [2.75, 3.05) is 18.5 Å². The molecule has 0 saturated carbocycles. The fourth-order valence-corrected chi connectivity index (χ4v) is 4.72. The van der Waals surface area contributed by atoms with Crippen molar-refractivity contribution >= 4 is 46.3 Å². The number of rotatable bonds is 11. The van der Waals surface area contributed by atoms with Crippen LogP contribution in [0.15, 0.2) is 71.6 Å². The molecule has 0 aliphatic carbocycles. The standard InChI is InChI=1S/C29H27N3O7S/c1-3-19-8-11-22(12-9-19)30-27(33)17-31-28(34)26(40-29(31)35)16-20-10-13-24(25(15-20)38-4-2)39-18-21-6-5-7-23(14-21)32(36)37/h5-16H,3-4,17-18H2,1-2H3,(H,30,33)/b26-16+. The third-order valence-electron chi connectivity index (χ3n) is 5.90. The van der Waals surface area contributed by atoms with Gasteiger partial charge in [-0.25, -0.2) is 0 Å². The van der Waals surface area contributed by atoms with Crippen LogP contribution in [0.5, 0.6) is 11.5 Å². The first-order valence-electron chi connectivity index (χ1n) is 12.5. The summed E-state index contributed by atoms with van der Waals surface area (Å²) in [6, 6.07) is 18.5. The molecule has 10 nitrogen and oxygen atoms in total. The number of hydrogen-bond donors (Lipinski definition) is 1. The van der Waals surface area contributed by atoms with Crippen LogP contribution in [0.25, 0.3) is 6.08 Å². The lowest BCUT2D eigenvalue weighted by Gasteiger charge is -2.13. The number of nitro groups is 1. The Hall–Kier alpha value is -4.64. The van der Waals surface area contributed by atoms with E-state index in [-0.39, 0.29) is 17.2 Å². The van der Waals surface area contributed by atoms with Crippen LogP contribution in [-0.4, -0.2) is 40.0 Å². The average Bonchev–Trinajstić information content (AvgIpc) is 3.20. The molecule has 206 valence electrons. The van der Waals surface area contributed by atoms with Gasteiger partial charge in [-0.2, -0.15) is 0 Å². The molecule has 11 heteroatoms. The van der Waals surface area contributed by atoms with E-state index in [9.17, 15) is 24.5 Å². The number of amides is 3. The van der Waals surface area contributed by atoms with E-state index < -0.39 is 28.5 Å². The van der Waals surface area contributed by atoms with Crippen LogP contribution in [0.3, 0.4) is 0 Å². The summed E-state index contributed by atoms with van der Waals surface area (Å²) in [5.41, 5.74) is 2.90. The highest BCUT2D eigenvalue weighted by Gasteiger charge is 2.36. The Morgan fingerprint density at radius 1 is 1.00 bits per heavy atom. The zero-order chi connectivity index (χ0) is 28.6. The molecule has 0 radical (unpaired) electrons. The van der Waals surface area contributed by atoms with E-state index in [1.807, 2.05) is 26.0 Å². The predicted molar refractivity (Wildman–Crippen MR) is 152 cm³/mol. The monoisotopic (exact) mass is 561 g/mol. The number of aryl methyl sites for hydroxylation is 1. The van der Waals surface area contributed by atoms with Crippen LogP contribution in [0.4, 0.5) is 16.2 Å². The maximum absolute atomic E-state index is 12.9. The molecule has 1 heterocycles. The normalized spacial score (nSPS) is 13.9. The number of nitrogens with zero attached hydrogens (tertiary/aromatic N) is 2. The first-order valence-corrected chi connectivity index (χ1v) is 13.4. The van der Waals surface area contributed by atoms with E-state index in [4.69, 9.17) is 9.47 Å². The third-order valence-corrected chi connectivity index (χ3v) is 6.81. The van der Waals surface area contributed by atoms with Gasteiger partial charge in [0, 0.05) is 17.8 Å². The van der Waals surface area contributed by atoms with Crippen molar-refractivity contribution in [3.8, 4) is 11.5 Å². The minimum atomic E-state index is -0.560. The number of carbonyl (C=O) groups excluding carboxylic acids is 3. The van der Waals surface area contributed by atoms with Crippen LogP contribution in [-0.2, 0) is 22.6 Å². The van der Waals surface area contributed by atoms with Gasteiger partial charge in [0.15, 0.2) is 11.5 Å². The van der Waals surface area contributed by atoms with E-state index in [2.05, 4.69) is 5.32 Å². The number of non-ortho nitro benzene ring substituents is 1. The number of benzene rings is 3. The number of thioether (sulfide) groups is 1. The zero-order valence-corrected chi connectivity index (χ0v) is 22.7. The Balaban J connectivity index is 1.43. The van der Waals surface area contributed by atoms with Gasteiger partial charge in [-0.05, 0) is 72.1 Å². The van der Waals surface area contributed by atoms with Gasteiger partial charge in [-0.15, -0.1) is 0 Å². The number of imide groups is 1. The first kappa shape index (κ1) is 28.4. The summed E-state index contributed by atoms with van der Waals surface area (Å²) in [5.74, 6) is -0.205. The van der Waals surface area contributed by atoms with E-state index in [0.717, 1.165) is 28.6 Å². The lowest BCUT2D eigenvalue weighted by Crippen LogP contribution is -2.36. The second kappa shape index (κ2) is 12.9. The van der Waals surface area contributed by atoms with Gasteiger partial charge in [-0.3, -0.25) is 29.4 Å². The second-order valence-electron chi connectivity index (χ2n) is 8.72. The summed E-state index contributed by atoms with van der Waals surface area (Å²) in [6.45, 7) is 3.88. The summed E-state index contributed by atoms with van der Waals surface area (Å²) in [7, 11) is 0. The number of carbonyl (C=O) groups is 3. The minimum absolute atomic E-state index is 0.0291. The molecule has 3 aromatic carbocycles. The van der Waals surface area contributed by atoms with E-state index >= 15 is 0 Å². The van der Waals surface area contributed by atoms with Crippen molar-refractivity contribution in [2.45, 2.75) is 26.9 Å². The van der Waals surface area contributed by atoms with Gasteiger partial charge in [0.1, 0.15) is 13.2 Å². The number of hydrogen-bond acceptors (Lipinski definition) is 8. The molecule has 1 N–H and O–H groups in total. The Morgan fingerprint density at radius 2 is 1.77 bits per heavy atom. The fourth-order valence-electron chi connectivity index (χ4n) is 3.88. The van der Waals surface area contributed by atoms with Crippen LogP contribution < -0.4 is 14.8 Å². The van der Waals surface area contributed by atoms with Gasteiger partial charge in [0.25, 0.3) is 16.8 Å². The van der Waals surface area contributed by atoms with Crippen molar-refractivity contribution < 1.29 is 28.8 Å². The second-order valence-corrected chi connectivity index (χ2v) is 9.71. The minimum Gasteiger partial charge on any atom is -0.490 e. The molecule has 1 aliphatic heterocycles. The van der Waals surface area contributed by atoms with Gasteiger partial charge in [0.2, 0.25) is 5.91 Å². The Labute approximate surface area is 235 Å². The Morgan fingerprint density at radius 3 is 2.48 bits per heavy atom. The van der Waals surface area contributed by atoms with Crippen LogP contribution in [0.2, 0.25) is 0 Å². The molecule has 40 heavy (non-hydrogen) atoms. The highest BCUT2D eigenvalue weighted by Crippen LogP contribution is 2.35. The first-order chi connectivity index (χ1) is 19.3. The van der Waals surface area contributed by atoms with Crippen molar-refractivity contribution in [3.63, 3.8) is 0 Å². The number of nitrogens with one attached hydrogen (secondary N) is 1. The topological polar surface area (TPSA) is 128 Å². The number of ether oxygens (including phenoxy) is 2. The molecular formula is C29H27N3O7S. The van der Waals surface area contributed by atoms with Crippen LogP contribution in [0, 0.1) is 10.1 Å². The number of anilines is 1. The van der Waals surface area contributed by atoms with Crippen molar-refractivity contribution in [3.05, 3.63) is 98.4 Å². The SMILES string of the molecule is CCOc1cc(/C=C2/SC(=O)N(CC(=O)Nc3ccc(CC)cc3)C2=O)ccc1OCc1cccc([N+](=O)[O-])c1. The maximum atomic E-state index is 12.9. The zero-order valence-electron chi connectivity index (χ0n) is 21.9. The van der Waals surface area contributed by atoms with Gasteiger partial charge >= 0.3 is 0 Å². The van der Waals surface area contributed by atoms with Gasteiger partial charge in [0.05, 0.1) is 16.4 Å². The summed E-state index contributed by atoms with van der Waals surface area (Å²) in [6.07, 6.45) is 2.43. The van der Waals surface area contributed by atoms with E-state index in [1.54, 1.807) is 48.5 Å². The summed E-state index contributed by atoms with van der Waals surface area (Å²) < 4.78 is 11.5. The molecule has 4 rings (SSSR count). The third kappa shape index (κ3) is 7.06. The van der Waals surface area contributed by atoms with Crippen molar-refractivity contribution in [1.82, 2.24) is 4.90 Å². The summed E-state index contributed by atoms with van der Waals surface area (Å²) in [5, 5.41) is 13.2. The van der Waals surface area contributed by atoms with Crippen molar-refractivity contribution in [1.29, 1.82) is 0 Å². The van der Waals surface area contributed by atoms with E-state index in [1.165, 1.54) is 12.1 Å². The van der Waals surface area contributed by atoms with E-state index in [0.29, 0.717) is 34.9 Å². The van der Waals surface area contributed by atoms with Crippen LogP contribution in [0.1, 0.15) is 30.5 Å². The molecule has 0 spiro atoms. The van der Waals surface area contributed by atoms with Gasteiger partial charge < -0.3 is 14.8 Å².